The number of benzene rings is 1. The van der Waals surface area contributed by atoms with Crippen LogP contribution in [-0.4, -0.2) is 47.1 Å². The molecule has 2 aromatic rings. The Bertz CT molecular complexity index is 700. The Morgan fingerprint density at radius 3 is 2.83 bits per heavy atom. The van der Waals surface area contributed by atoms with Crippen LogP contribution in [0.1, 0.15) is 29.3 Å². The van der Waals surface area contributed by atoms with Crippen molar-refractivity contribution in [3.63, 3.8) is 0 Å². The summed E-state index contributed by atoms with van der Waals surface area (Å²) in [6.07, 6.45) is 3.82. The number of fused-ring (bicyclic) bond motifs is 1. The van der Waals surface area contributed by atoms with E-state index in [0.717, 1.165) is 25.2 Å². The minimum absolute atomic E-state index is 0.0321. The third-order valence-corrected chi connectivity index (χ3v) is 4.42. The summed E-state index contributed by atoms with van der Waals surface area (Å²) in [7, 11) is 0. The molecule has 0 spiro atoms. The summed E-state index contributed by atoms with van der Waals surface area (Å²) in [6.45, 7) is 3.72. The molecule has 1 amide bonds. The monoisotopic (exact) mass is 325 g/mol. The van der Waals surface area contributed by atoms with E-state index in [9.17, 15) is 4.79 Å². The molecule has 0 radical (unpaired) electrons. The number of aryl methyl sites for hydroxylation is 1. The van der Waals surface area contributed by atoms with E-state index in [4.69, 9.17) is 5.11 Å². The first-order valence-corrected chi connectivity index (χ1v) is 8.46. The van der Waals surface area contributed by atoms with E-state index in [0.29, 0.717) is 18.7 Å². The predicted octanol–water partition coefficient (Wildman–Crippen LogP) is 2.62. The van der Waals surface area contributed by atoms with Crippen LogP contribution in [0.2, 0.25) is 0 Å². The van der Waals surface area contributed by atoms with Crippen LogP contribution in [0.25, 0.3) is 0 Å². The number of likely N-dealkylation sites (N-methyl/N-ethyl adjacent to an activating group) is 1. The standard InChI is InChI=1S/C19H23N3O2/c1-2-21(12-13-23)19(24)16-9-10-18(20-14-16)22-11-5-7-15-6-3-4-8-17(15)22/h3-4,6,8-10,14,23H,2,5,7,11-13H2,1H3. The molecule has 0 atom stereocenters. The van der Waals surface area contributed by atoms with E-state index >= 15 is 0 Å². The Kier molecular flexibility index (Phi) is 5.11. The molecule has 0 bridgehead atoms. The molecule has 1 aromatic carbocycles. The van der Waals surface area contributed by atoms with Crippen LogP contribution < -0.4 is 4.90 Å². The summed E-state index contributed by atoms with van der Waals surface area (Å²) in [6, 6.07) is 12.1. The summed E-state index contributed by atoms with van der Waals surface area (Å²) < 4.78 is 0. The number of carbonyl (C=O) groups is 1. The molecule has 0 aliphatic carbocycles. The van der Waals surface area contributed by atoms with Crippen LogP contribution in [0, 0.1) is 0 Å². The maximum Gasteiger partial charge on any atom is 0.255 e. The topological polar surface area (TPSA) is 56.7 Å². The van der Waals surface area contributed by atoms with Crippen molar-refractivity contribution in [3.8, 4) is 0 Å². The lowest BCUT2D eigenvalue weighted by Crippen LogP contribution is -2.33. The highest BCUT2D eigenvalue weighted by molar-refractivity contribution is 5.94. The molecule has 126 valence electrons. The number of para-hydroxylation sites is 1. The Balaban J connectivity index is 1.82. The summed E-state index contributed by atoms with van der Waals surface area (Å²) >= 11 is 0. The van der Waals surface area contributed by atoms with E-state index in [-0.39, 0.29) is 12.5 Å². The zero-order valence-corrected chi connectivity index (χ0v) is 14.0. The van der Waals surface area contributed by atoms with Gasteiger partial charge in [0.15, 0.2) is 0 Å². The van der Waals surface area contributed by atoms with Crippen LogP contribution in [0.4, 0.5) is 11.5 Å². The highest BCUT2D eigenvalue weighted by Crippen LogP contribution is 2.32. The second-order valence-electron chi connectivity index (χ2n) is 5.90. The normalized spacial score (nSPS) is 13.5. The Labute approximate surface area is 142 Å². The number of rotatable bonds is 5. The van der Waals surface area contributed by atoms with Crippen LogP contribution >= 0.6 is 0 Å². The second kappa shape index (κ2) is 7.45. The zero-order valence-electron chi connectivity index (χ0n) is 14.0. The lowest BCUT2D eigenvalue weighted by Gasteiger charge is -2.30. The molecule has 1 aliphatic rings. The second-order valence-corrected chi connectivity index (χ2v) is 5.90. The van der Waals surface area contributed by atoms with Gasteiger partial charge in [0, 0.05) is 31.5 Å². The van der Waals surface area contributed by atoms with Crippen molar-refractivity contribution < 1.29 is 9.90 Å². The van der Waals surface area contributed by atoms with Crippen molar-refractivity contribution in [2.75, 3.05) is 31.1 Å². The van der Waals surface area contributed by atoms with Gasteiger partial charge >= 0.3 is 0 Å². The van der Waals surface area contributed by atoms with Gasteiger partial charge < -0.3 is 14.9 Å². The van der Waals surface area contributed by atoms with Crippen molar-refractivity contribution in [2.24, 2.45) is 0 Å². The number of pyridine rings is 1. The molecule has 0 unspecified atom stereocenters. The van der Waals surface area contributed by atoms with Crippen LogP contribution in [0.15, 0.2) is 42.6 Å². The lowest BCUT2D eigenvalue weighted by atomic mass is 10.0. The van der Waals surface area contributed by atoms with E-state index in [1.54, 1.807) is 11.1 Å². The smallest absolute Gasteiger partial charge is 0.255 e. The van der Waals surface area contributed by atoms with Gasteiger partial charge in [0.2, 0.25) is 0 Å². The number of carbonyl (C=O) groups excluding carboxylic acids is 1. The number of aliphatic hydroxyl groups is 1. The van der Waals surface area contributed by atoms with Gasteiger partial charge in [0.05, 0.1) is 12.2 Å². The summed E-state index contributed by atoms with van der Waals surface area (Å²) in [4.78, 5) is 20.8. The highest BCUT2D eigenvalue weighted by atomic mass is 16.3. The molecule has 1 aliphatic heterocycles. The predicted molar refractivity (Wildman–Crippen MR) is 94.7 cm³/mol. The van der Waals surface area contributed by atoms with E-state index in [1.165, 1.54) is 11.3 Å². The Hall–Kier alpha value is -2.40. The van der Waals surface area contributed by atoms with Gasteiger partial charge in [-0.2, -0.15) is 0 Å². The third-order valence-electron chi connectivity index (χ3n) is 4.42. The highest BCUT2D eigenvalue weighted by Gasteiger charge is 2.19. The van der Waals surface area contributed by atoms with Crippen molar-refractivity contribution in [1.82, 2.24) is 9.88 Å². The molecule has 2 heterocycles. The van der Waals surface area contributed by atoms with Gasteiger partial charge in [-0.1, -0.05) is 18.2 Å². The molecule has 24 heavy (non-hydrogen) atoms. The van der Waals surface area contributed by atoms with Crippen LogP contribution in [0.3, 0.4) is 0 Å². The van der Waals surface area contributed by atoms with Crippen molar-refractivity contribution in [2.45, 2.75) is 19.8 Å². The molecular formula is C19H23N3O2. The van der Waals surface area contributed by atoms with Crippen molar-refractivity contribution in [3.05, 3.63) is 53.7 Å². The fraction of sp³-hybridized carbons (Fsp3) is 0.368. The van der Waals surface area contributed by atoms with Gasteiger partial charge in [-0.05, 0) is 43.5 Å². The molecular weight excluding hydrogens is 302 g/mol. The molecule has 1 N–H and O–H groups in total. The van der Waals surface area contributed by atoms with Crippen LogP contribution in [-0.2, 0) is 6.42 Å². The fourth-order valence-electron chi connectivity index (χ4n) is 3.15. The van der Waals surface area contributed by atoms with Crippen LogP contribution in [0.5, 0.6) is 0 Å². The molecule has 3 rings (SSSR count). The largest absolute Gasteiger partial charge is 0.395 e. The summed E-state index contributed by atoms with van der Waals surface area (Å²) in [5.74, 6) is 0.772. The summed E-state index contributed by atoms with van der Waals surface area (Å²) in [5.41, 5.74) is 3.09. The van der Waals surface area contributed by atoms with Gasteiger partial charge in [-0.15, -0.1) is 0 Å². The Morgan fingerprint density at radius 1 is 1.29 bits per heavy atom. The average Bonchev–Trinajstić information content (AvgIpc) is 2.65. The number of hydrogen-bond donors (Lipinski definition) is 1. The zero-order chi connectivity index (χ0) is 16.9. The Morgan fingerprint density at radius 2 is 2.12 bits per heavy atom. The molecule has 1 aromatic heterocycles. The number of anilines is 2. The number of amides is 1. The first kappa shape index (κ1) is 16.5. The first-order chi connectivity index (χ1) is 11.7. The van der Waals surface area contributed by atoms with Gasteiger partial charge in [-0.25, -0.2) is 4.98 Å². The average molecular weight is 325 g/mol. The van der Waals surface area contributed by atoms with E-state index in [2.05, 4.69) is 28.1 Å². The fourth-order valence-corrected chi connectivity index (χ4v) is 3.15. The number of aromatic nitrogens is 1. The SMILES string of the molecule is CCN(CCO)C(=O)c1ccc(N2CCCc3ccccc32)nc1. The number of nitrogens with zero attached hydrogens (tertiary/aromatic N) is 3. The van der Waals surface area contributed by atoms with Crippen molar-refractivity contribution >= 4 is 17.4 Å². The molecule has 5 heteroatoms. The van der Waals surface area contributed by atoms with E-state index in [1.807, 2.05) is 25.1 Å². The minimum Gasteiger partial charge on any atom is -0.395 e. The first-order valence-electron chi connectivity index (χ1n) is 8.46. The number of aliphatic hydroxyl groups excluding tert-OH is 1. The van der Waals surface area contributed by atoms with Gasteiger partial charge in [0.25, 0.3) is 5.91 Å². The lowest BCUT2D eigenvalue weighted by molar-refractivity contribution is 0.0731. The summed E-state index contributed by atoms with van der Waals surface area (Å²) in [5, 5.41) is 9.05. The van der Waals surface area contributed by atoms with Gasteiger partial charge in [-0.3, -0.25) is 4.79 Å². The van der Waals surface area contributed by atoms with Crippen molar-refractivity contribution in [1.29, 1.82) is 0 Å². The van der Waals surface area contributed by atoms with E-state index < -0.39 is 0 Å². The molecule has 0 saturated carbocycles. The molecule has 5 nitrogen and oxygen atoms in total. The molecule has 0 saturated heterocycles. The molecule has 0 fully saturated rings. The quantitative estimate of drug-likeness (QED) is 0.918. The minimum atomic E-state index is -0.0929. The maximum atomic E-state index is 12.4. The van der Waals surface area contributed by atoms with Gasteiger partial charge in [0.1, 0.15) is 5.82 Å². The maximum absolute atomic E-state index is 12.4. The third kappa shape index (κ3) is 3.26. The number of hydrogen-bond acceptors (Lipinski definition) is 4.